The van der Waals surface area contributed by atoms with E-state index in [0.717, 1.165) is 0 Å². The molecule has 1 heterocycles. The molecular weight excluding hydrogens is 366 g/mol. The van der Waals surface area contributed by atoms with Crippen LogP contribution in [0, 0.1) is 6.92 Å². The predicted molar refractivity (Wildman–Crippen MR) is 93.5 cm³/mol. The summed E-state index contributed by atoms with van der Waals surface area (Å²) in [6, 6.07) is 9.66. The molecule has 3 rings (SSSR count). The maximum atomic E-state index is 12.5. The number of halogens is 1. The van der Waals surface area contributed by atoms with Crippen molar-refractivity contribution in [3.05, 3.63) is 52.5 Å². The van der Waals surface area contributed by atoms with Crippen molar-refractivity contribution in [2.24, 2.45) is 0 Å². The minimum atomic E-state index is -3.82. The van der Waals surface area contributed by atoms with E-state index in [4.69, 9.17) is 21.1 Å². The summed E-state index contributed by atoms with van der Waals surface area (Å²) in [5, 5.41) is 11.1. The quantitative estimate of drug-likeness (QED) is 0.828. The molecular formula is C17H18ClNO5S. The van der Waals surface area contributed by atoms with Gasteiger partial charge in [-0.1, -0.05) is 23.7 Å². The molecule has 1 aliphatic heterocycles. The molecule has 0 amide bonds. The summed E-state index contributed by atoms with van der Waals surface area (Å²) in [4.78, 5) is 0.0847. The van der Waals surface area contributed by atoms with Crippen LogP contribution in [0.1, 0.15) is 18.1 Å². The smallest absolute Gasteiger partial charge is 0.240 e. The second kappa shape index (κ2) is 6.49. The monoisotopic (exact) mass is 383 g/mol. The first-order chi connectivity index (χ1) is 11.7. The summed E-state index contributed by atoms with van der Waals surface area (Å²) in [6.45, 7) is 3.08. The van der Waals surface area contributed by atoms with Gasteiger partial charge in [0.25, 0.3) is 0 Å². The van der Waals surface area contributed by atoms with Gasteiger partial charge in [0.15, 0.2) is 11.5 Å². The van der Waals surface area contributed by atoms with Crippen LogP contribution in [-0.4, -0.2) is 26.9 Å². The molecule has 0 aliphatic carbocycles. The molecule has 2 N–H and O–H groups in total. The van der Waals surface area contributed by atoms with Gasteiger partial charge in [0, 0.05) is 11.6 Å². The van der Waals surface area contributed by atoms with Gasteiger partial charge >= 0.3 is 0 Å². The fourth-order valence-electron chi connectivity index (χ4n) is 2.53. The lowest BCUT2D eigenvalue weighted by atomic mass is 9.96. The van der Waals surface area contributed by atoms with Gasteiger partial charge in [0.1, 0.15) is 5.60 Å². The zero-order valence-electron chi connectivity index (χ0n) is 13.7. The lowest BCUT2D eigenvalue weighted by Crippen LogP contribution is -2.38. The topological polar surface area (TPSA) is 84.9 Å². The molecule has 6 nitrogen and oxygen atoms in total. The van der Waals surface area contributed by atoms with E-state index in [1.54, 1.807) is 37.3 Å². The van der Waals surface area contributed by atoms with Crippen molar-refractivity contribution in [1.82, 2.24) is 4.72 Å². The van der Waals surface area contributed by atoms with Crippen molar-refractivity contribution in [1.29, 1.82) is 0 Å². The van der Waals surface area contributed by atoms with Crippen molar-refractivity contribution in [3.8, 4) is 11.5 Å². The molecule has 1 atom stereocenters. The van der Waals surface area contributed by atoms with E-state index < -0.39 is 15.6 Å². The lowest BCUT2D eigenvalue weighted by Gasteiger charge is -2.24. The average molecular weight is 384 g/mol. The Kier molecular flexibility index (Phi) is 4.68. The fraction of sp³-hybridized carbons (Fsp3) is 0.294. The van der Waals surface area contributed by atoms with Crippen molar-refractivity contribution in [3.63, 3.8) is 0 Å². The van der Waals surface area contributed by atoms with Gasteiger partial charge in [-0.25, -0.2) is 13.1 Å². The number of hydrogen-bond acceptors (Lipinski definition) is 5. The summed E-state index contributed by atoms with van der Waals surface area (Å²) in [5.41, 5.74) is -0.456. The number of benzene rings is 2. The Morgan fingerprint density at radius 3 is 2.72 bits per heavy atom. The maximum absolute atomic E-state index is 12.5. The first-order valence-corrected chi connectivity index (χ1v) is 9.44. The van der Waals surface area contributed by atoms with Gasteiger partial charge in [-0.3, -0.25) is 0 Å². The molecule has 2 aromatic carbocycles. The SMILES string of the molecule is Cc1c(Cl)cccc1S(=O)(=O)NCC(C)(O)c1ccc2c(c1)OCO2. The Bertz CT molecular complexity index is 911. The van der Waals surface area contributed by atoms with Crippen LogP contribution in [0.5, 0.6) is 11.5 Å². The lowest BCUT2D eigenvalue weighted by molar-refractivity contribution is 0.0625. The van der Waals surface area contributed by atoms with E-state index >= 15 is 0 Å². The van der Waals surface area contributed by atoms with Crippen LogP contribution in [0.15, 0.2) is 41.3 Å². The summed E-state index contributed by atoms with van der Waals surface area (Å²) in [5.74, 6) is 1.11. The standard InChI is InChI=1S/C17H18ClNO5S/c1-11-13(18)4-3-5-16(11)25(21,22)19-9-17(2,20)12-6-7-14-15(8-12)24-10-23-14/h3-8,19-20H,9-10H2,1-2H3. The predicted octanol–water partition coefficient (Wildman–Crippen LogP) is 2.56. The number of hydrogen-bond donors (Lipinski definition) is 2. The van der Waals surface area contributed by atoms with E-state index in [2.05, 4.69) is 4.72 Å². The van der Waals surface area contributed by atoms with Gasteiger partial charge in [0.2, 0.25) is 16.8 Å². The molecule has 0 radical (unpaired) electrons. The van der Waals surface area contributed by atoms with Crippen LogP contribution in [0.25, 0.3) is 0 Å². The first kappa shape index (κ1) is 18.0. The summed E-state index contributed by atoms with van der Waals surface area (Å²) >= 11 is 5.99. The van der Waals surface area contributed by atoms with Gasteiger partial charge < -0.3 is 14.6 Å². The number of rotatable bonds is 5. The number of fused-ring (bicyclic) bond motifs is 1. The number of sulfonamides is 1. The Hall–Kier alpha value is -1.80. The summed E-state index contributed by atoms with van der Waals surface area (Å²) < 4.78 is 38.1. The van der Waals surface area contributed by atoms with Crippen LogP contribution >= 0.6 is 11.6 Å². The Balaban J connectivity index is 1.80. The van der Waals surface area contributed by atoms with Gasteiger partial charge in [0.05, 0.1) is 4.90 Å². The minimum absolute atomic E-state index is 0.0847. The molecule has 1 unspecified atom stereocenters. The third kappa shape index (κ3) is 3.59. The number of nitrogens with one attached hydrogen (secondary N) is 1. The number of ether oxygens (including phenoxy) is 2. The zero-order chi connectivity index (χ0) is 18.2. The molecule has 8 heteroatoms. The minimum Gasteiger partial charge on any atom is -0.454 e. The highest BCUT2D eigenvalue weighted by Gasteiger charge is 2.29. The van der Waals surface area contributed by atoms with Crippen molar-refractivity contribution >= 4 is 21.6 Å². The van der Waals surface area contributed by atoms with Gasteiger partial charge in [-0.15, -0.1) is 0 Å². The first-order valence-electron chi connectivity index (χ1n) is 7.58. The van der Waals surface area contributed by atoms with E-state index in [1.807, 2.05) is 0 Å². The van der Waals surface area contributed by atoms with E-state index in [1.165, 1.54) is 13.0 Å². The van der Waals surface area contributed by atoms with Crippen molar-refractivity contribution in [2.75, 3.05) is 13.3 Å². The molecule has 134 valence electrons. The molecule has 0 bridgehead atoms. The second-order valence-electron chi connectivity index (χ2n) is 6.03. The largest absolute Gasteiger partial charge is 0.454 e. The van der Waals surface area contributed by atoms with Crippen LogP contribution < -0.4 is 14.2 Å². The molecule has 0 aromatic heterocycles. The molecule has 25 heavy (non-hydrogen) atoms. The molecule has 0 spiro atoms. The molecule has 1 aliphatic rings. The maximum Gasteiger partial charge on any atom is 0.240 e. The molecule has 0 fully saturated rings. The summed E-state index contributed by atoms with van der Waals surface area (Å²) in [7, 11) is -3.82. The highest BCUT2D eigenvalue weighted by molar-refractivity contribution is 7.89. The van der Waals surface area contributed by atoms with Crippen LogP contribution in [0.4, 0.5) is 0 Å². The van der Waals surface area contributed by atoms with E-state index in [0.29, 0.717) is 27.6 Å². The van der Waals surface area contributed by atoms with Gasteiger partial charge in [-0.2, -0.15) is 0 Å². The Morgan fingerprint density at radius 2 is 1.96 bits per heavy atom. The molecule has 0 saturated heterocycles. The molecule has 2 aromatic rings. The Labute approximate surface area is 151 Å². The van der Waals surface area contributed by atoms with Crippen molar-refractivity contribution < 1.29 is 23.0 Å². The van der Waals surface area contributed by atoms with Crippen LogP contribution in [0.3, 0.4) is 0 Å². The third-order valence-electron chi connectivity index (χ3n) is 4.11. The van der Waals surface area contributed by atoms with Gasteiger partial charge in [-0.05, 0) is 49.2 Å². The highest BCUT2D eigenvalue weighted by atomic mass is 35.5. The van der Waals surface area contributed by atoms with Crippen LogP contribution in [-0.2, 0) is 15.6 Å². The highest BCUT2D eigenvalue weighted by Crippen LogP contribution is 2.35. The second-order valence-corrected chi connectivity index (χ2v) is 8.17. The third-order valence-corrected chi connectivity index (χ3v) is 6.06. The summed E-state index contributed by atoms with van der Waals surface area (Å²) in [6.07, 6.45) is 0. The average Bonchev–Trinajstić information content (AvgIpc) is 3.03. The van der Waals surface area contributed by atoms with E-state index in [-0.39, 0.29) is 18.2 Å². The molecule has 0 saturated carbocycles. The normalized spacial score (nSPS) is 15.8. The zero-order valence-corrected chi connectivity index (χ0v) is 15.3. The Morgan fingerprint density at radius 1 is 1.24 bits per heavy atom. The number of aliphatic hydroxyl groups is 1. The van der Waals surface area contributed by atoms with E-state index in [9.17, 15) is 13.5 Å². The van der Waals surface area contributed by atoms with Crippen LogP contribution in [0.2, 0.25) is 5.02 Å². The van der Waals surface area contributed by atoms with Crippen molar-refractivity contribution in [2.45, 2.75) is 24.3 Å². The fourth-order valence-corrected chi connectivity index (χ4v) is 4.15.